The number of hydrogen-bond donors (Lipinski definition) is 0. The van der Waals surface area contributed by atoms with Gasteiger partial charge < -0.3 is 4.90 Å². The average Bonchev–Trinajstić information content (AvgIpc) is 2.99. The largest absolute Gasteiger partial charge is 0.366 e. The number of carbonyl (C=O) groups is 2. The number of carbonyl (C=O) groups excluding carboxylic acids is 2. The van der Waals surface area contributed by atoms with Gasteiger partial charge in [0.1, 0.15) is 5.70 Å². The summed E-state index contributed by atoms with van der Waals surface area (Å²) in [6, 6.07) is 12.6. The van der Waals surface area contributed by atoms with Crippen LogP contribution in [-0.2, 0) is 16.0 Å². The summed E-state index contributed by atoms with van der Waals surface area (Å²) in [7, 11) is 0. The van der Waals surface area contributed by atoms with Crippen LogP contribution in [0.3, 0.4) is 0 Å². The quantitative estimate of drug-likeness (QED) is 0.580. The van der Waals surface area contributed by atoms with Crippen molar-refractivity contribution in [1.82, 2.24) is 4.90 Å². The lowest BCUT2D eigenvalue weighted by Crippen LogP contribution is -2.38. The molecule has 2 aromatic rings. The molecule has 0 aliphatic carbocycles. The number of hydrogen-bond acceptors (Lipinski definition) is 3. The number of amides is 2. The summed E-state index contributed by atoms with van der Waals surface area (Å²) >= 11 is 12.5. The maximum atomic E-state index is 13.6. The molecule has 4 nitrogen and oxygen atoms in total. The number of likely N-dealkylation sites (tertiary alicyclic amines) is 1. The van der Waals surface area contributed by atoms with Gasteiger partial charge in [0.2, 0.25) is 0 Å². The van der Waals surface area contributed by atoms with Crippen LogP contribution in [0.1, 0.15) is 37.8 Å². The molecule has 2 amide bonds. The average molecular weight is 443 g/mol. The fraction of sp³-hybridized carbons (Fsp3) is 0.333. The van der Waals surface area contributed by atoms with Gasteiger partial charge in [-0.2, -0.15) is 0 Å². The molecule has 6 heteroatoms. The van der Waals surface area contributed by atoms with Gasteiger partial charge in [0.05, 0.1) is 16.3 Å². The van der Waals surface area contributed by atoms with Crippen molar-refractivity contribution in [2.45, 2.75) is 33.1 Å². The van der Waals surface area contributed by atoms with Crippen LogP contribution in [0.5, 0.6) is 0 Å². The highest BCUT2D eigenvalue weighted by Crippen LogP contribution is 2.39. The van der Waals surface area contributed by atoms with E-state index in [4.69, 9.17) is 23.2 Å². The molecule has 156 valence electrons. The van der Waals surface area contributed by atoms with Crippen LogP contribution < -0.4 is 4.90 Å². The summed E-state index contributed by atoms with van der Waals surface area (Å²) in [5.41, 5.74) is 3.06. The number of rotatable bonds is 4. The molecule has 2 heterocycles. The van der Waals surface area contributed by atoms with Gasteiger partial charge in [-0.3, -0.25) is 9.59 Å². The Bertz CT molecular complexity index is 1020. The molecule has 0 bridgehead atoms. The lowest BCUT2D eigenvalue weighted by molar-refractivity contribution is -0.120. The number of nitrogens with zero attached hydrogens (tertiary/aromatic N) is 2. The second-order valence-corrected chi connectivity index (χ2v) is 8.83. The highest BCUT2D eigenvalue weighted by Gasteiger charge is 2.43. The van der Waals surface area contributed by atoms with Crippen molar-refractivity contribution in [3.05, 3.63) is 69.3 Å². The minimum atomic E-state index is -0.345. The zero-order valence-corrected chi connectivity index (χ0v) is 18.6. The molecule has 2 aliphatic heterocycles. The molecule has 0 unspecified atom stereocenters. The van der Waals surface area contributed by atoms with Gasteiger partial charge in [-0.25, -0.2) is 4.90 Å². The summed E-state index contributed by atoms with van der Waals surface area (Å²) < 4.78 is 0. The predicted molar refractivity (Wildman–Crippen MR) is 122 cm³/mol. The number of benzene rings is 2. The molecule has 0 aromatic heterocycles. The summed E-state index contributed by atoms with van der Waals surface area (Å²) in [5.74, 6) is -0.0313. The van der Waals surface area contributed by atoms with Gasteiger partial charge >= 0.3 is 0 Å². The fourth-order valence-electron chi connectivity index (χ4n) is 4.09. The minimum absolute atomic E-state index is 0.292. The van der Waals surface area contributed by atoms with E-state index in [2.05, 4.69) is 13.8 Å². The van der Waals surface area contributed by atoms with Crippen LogP contribution in [0.4, 0.5) is 5.69 Å². The molecule has 2 aliphatic rings. The van der Waals surface area contributed by atoms with Crippen molar-refractivity contribution in [3.63, 3.8) is 0 Å². The molecule has 2 aromatic carbocycles. The van der Waals surface area contributed by atoms with E-state index in [1.807, 2.05) is 29.2 Å². The molecular formula is C24H24Cl2N2O2. The third-order valence-corrected chi connectivity index (χ3v) is 6.51. The molecular weight excluding hydrogens is 419 g/mol. The van der Waals surface area contributed by atoms with Crippen LogP contribution in [0.15, 0.2) is 48.2 Å². The van der Waals surface area contributed by atoms with Gasteiger partial charge in [-0.05, 0) is 55.0 Å². The zero-order valence-electron chi connectivity index (χ0n) is 17.1. The first kappa shape index (κ1) is 21.0. The Morgan fingerprint density at radius 1 is 0.967 bits per heavy atom. The number of halogens is 2. The lowest BCUT2D eigenvalue weighted by Gasteiger charge is -2.32. The van der Waals surface area contributed by atoms with Crippen LogP contribution in [-0.4, -0.2) is 29.8 Å². The summed E-state index contributed by atoms with van der Waals surface area (Å²) in [6.07, 6.45) is 2.86. The van der Waals surface area contributed by atoms with Crippen molar-refractivity contribution in [2.24, 2.45) is 5.92 Å². The number of piperidine rings is 1. The van der Waals surface area contributed by atoms with E-state index in [1.165, 1.54) is 4.90 Å². The first-order chi connectivity index (χ1) is 14.4. The van der Waals surface area contributed by atoms with E-state index in [0.29, 0.717) is 38.5 Å². The predicted octanol–water partition coefficient (Wildman–Crippen LogP) is 5.57. The van der Waals surface area contributed by atoms with Gasteiger partial charge in [0.15, 0.2) is 0 Å². The van der Waals surface area contributed by atoms with Crippen LogP contribution >= 0.6 is 23.2 Å². The van der Waals surface area contributed by atoms with Crippen molar-refractivity contribution in [1.29, 1.82) is 0 Å². The number of aryl methyl sites for hydroxylation is 1. The Labute approximate surface area is 187 Å². The Hall–Kier alpha value is -2.30. The third-order valence-electron chi connectivity index (χ3n) is 5.96. The van der Waals surface area contributed by atoms with Crippen LogP contribution in [0.25, 0.3) is 5.57 Å². The SMILES string of the molecule is CCc1ccc(N2C(=O)C(c3ccc(Cl)cc3Cl)=C(N3CCC(C)CC3)C2=O)cc1. The van der Waals surface area contributed by atoms with Crippen molar-refractivity contribution < 1.29 is 9.59 Å². The maximum absolute atomic E-state index is 13.6. The van der Waals surface area contributed by atoms with Crippen LogP contribution in [0.2, 0.25) is 10.0 Å². The molecule has 0 atom stereocenters. The van der Waals surface area contributed by atoms with Gasteiger partial charge in [-0.15, -0.1) is 0 Å². The molecule has 0 saturated carbocycles. The fourth-order valence-corrected chi connectivity index (χ4v) is 4.60. The van der Waals surface area contributed by atoms with Crippen molar-refractivity contribution in [3.8, 4) is 0 Å². The summed E-state index contributed by atoms with van der Waals surface area (Å²) in [5, 5.41) is 0.853. The van der Waals surface area contributed by atoms with E-state index in [9.17, 15) is 9.59 Å². The number of imide groups is 1. The Morgan fingerprint density at radius 3 is 2.23 bits per heavy atom. The van der Waals surface area contributed by atoms with E-state index in [0.717, 1.165) is 37.9 Å². The molecule has 0 spiro atoms. The van der Waals surface area contributed by atoms with E-state index in [-0.39, 0.29) is 11.8 Å². The van der Waals surface area contributed by atoms with Gasteiger partial charge in [0.25, 0.3) is 11.8 Å². The molecule has 30 heavy (non-hydrogen) atoms. The topological polar surface area (TPSA) is 40.6 Å². The highest BCUT2D eigenvalue weighted by molar-refractivity contribution is 6.47. The Kier molecular flexibility index (Phi) is 5.90. The van der Waals surface area contributed by atoms with Crippen molar-refractivity contribution >= 4 is 46.3 Å². The van der Waals surface area contributed by atoms with Gasteiger partial charge in [-0.1, -0.05) is 55.2 Å². The second kappa shape index (κ2) is 8.44. The number of anilines is 1. The van der Waals surface area contributed by atoms with Gasteiger partial charge in [0, 0.05) is 23.7 Å². The molecule has 4 rings (SSSR count). The summed E-state index contributed by atoms with van der Waals surface area (Å²) in [4.78, 5) is 30.4. The van der Waals surface area contributed by atoms with E-state index >= 15 is 0 Å². The molecule has 0 N–H and O–H groups in total. The second-order valence-electron chi connectivity index (χ2n) is 7.98. The van der Waals surface area contributed by atoms with E-state index in [1.54, 1.807) is 18.2 Å². The summed E-state index contributed by atoms with van der Waals surface area (Å²) in [6.45, 7) is 5.77. The minimum Gasteiger partial charge on any atom is -0.366 e. The Balaban J connectivity index is 1.81. The zero-order chi connectivity index (χ0) is 21.4. The third kappa shape index (κ3) is 3.75. The molecule has 0 radical (unpaired) electrons. The van der Waals surface area contributed by atoms with Crippen molar-refractivity contribution in [2.75, 3.05) is 18.0 Å². The van der Waals surface area contributed by atoms with Crippen LogP contribution in [0, 0.1) is 5.92 Å². The molecule has 1 fully saturated rings. The first-order valence-corrected chi connectivity index (χ1v) is 11.1. The Morgan fingerprint density at radius 2 is 1.63 bits per heavy atom. The molecule has 1 saturated heterocycles. The standard InChI is InChI=1S/C24H24Cl2N2O2/c1-3-16-4-7-18(8-5-16)28-23(29)21(19-9-6-17(25)14-20(19)26)22(24(28)30)27-12-10-15(2)11-13-27/h4-9,14-15H,3,10-13H2,1-2H3. The lowest BCUT2D eigenvalue weighted by atomic mass is 9.97. The van der Waals surface area contributed by atoms with E-state index < -0.39 is 0 Å². The first-order valence-electron chi connectivity index (χ1n) is 10.3. The normalized spacial score (nSPS) is 18.0. The monoisotopic (exact) mass is 442 g/mol. The maximum Gasteiger partial charge on any atom is 0.282 e. The smallest absolute Gasteiger partial charge is 0.282 e. The highest BCUT2D eigenvalue weighted by atomic mass is 35.5.